The number of hydrogen-bond acceptors (Lipinski definition) is 6. The van der Waals surface area contributed by atoms with Crippen molar-refractivity contribution in [3.8, 4) is 0 Å². The molecule has 4 N–H and O–H groups in total. The zero-order chi connectivity index (χ0) is 16.9. The molecule has 0 aromatic heterocycles. The SMILES string of the molecule is COC1(N)C(C(C)=O)=CC2=C(C(=O)c3ccccc3C2=O)C1N. The van der Waals surface area contributed by atoms with Gasteiger partial charge in [0.05, 0.1) is 6.04 Å². The Balaban J connectivity index is 2.29. The lowest BCUT2D eigenvalue weighted by Gasteiger charge is -2.40. The lowest BCUT2D eigenvalue weighted by molar-refractivity contribution is -0.116. The minimum absolute atomic E-state index is 0.0757. The number of fused-ring (bicyclic) bond motifs is 1. The van der Waals surface area contributed by atoms with E-state index in [0.717, 1.165) is 0 Å². The minimum Gasteiger partial charge on any atom is -0.358 e. The van der Waals surface area contributed by atoms with Crippen molar-refractivity contribution in [2.45, 2.75) is 18.7 Å². The van der Waals surface area contributed by atoms with E-state index in [4.69, 9.17) is 16.2 Å². The summed E-state index contributed by atoms with van der Waals surface area (Å²) in [6, 6.07) is 5.38. The van der Waals surface area contributed by atoms with Crippen molar-refractivity contribution in [1.82, 2.24) is 0 Å². The van der Waals surface area contributed by atoms with Gasteiger partial charge < -0.3 is 10.5 Å². The van der Waals surface area contributed by atoms with Crippen molar-refractivity contribution in [1.29, 1.82) is 0 Å². The van der Waals surface area contributed by atoms with Gasteiger partial charge in [-0.1, -0.05) is 24.3 Å². The van der Waals surface area contributed by atoms with Gasteiger partial charge in [-0.3, -0.25) is 20.1 Å². The Hall–Kier alpha value is -2.41. The molecule has 0 fully saturated rings. The molecule has 2 unspecified atom stereocenters. The highest BCUT2D eigenvalue weighted by molar-refractivity contribution is 6.29. The number of allylic oxidation sites excluding steroid dienone is 2. The van der Waals surface area contributed by atoms with Crippen molar-refractivity contribution < 1.29 is 19.1 Å². The second kappa shape index (κ2) is 5.06. The summed E-state index contributed by atoms with van der Waals surface area (Å²) >= 11 is 0. The molecule has 23 heavy (non-hydrogen) atoms. The van der Waals surface area contributed by atoms with Crippen LogP contribution in [0.4, 0.5) is 0 Å². The van der Waals surface area contributed by atoms with E-state index in [-0.39, 0.29) is 39.6 Å². The molecule has 0 radical (unpaired) electrons. The van der Waals surface area contributed by atoms with E-state index in [0.29, 0.717) is 5.56 Å². The van der Waals surface area contributed by atoms with Crippen LogP contribution in [0.25, 0.3) is 0 Å². The minimum atomic E-state index is -1.65. The molecule has 1 aromatic carbocycles. The number of Topliss-reactive ketones (excluding diaryl/α,β-unsaturated/α-hetero) is 3. The van der Waals surface area contributed by atoms with Gasteiger partial charge in [-0.2, -0.15) is 0 Å². The van der Waals surface area contributed by atoms with Crippen LogP contribution in [0, 0.1) is 0 Å². The topological polar surface area (TPSA) is 112 Å². The predicted octanol–water partition coefficient (Wildman–Crippen LogP) is 0.520. The van der Waals surface area contributed by atoms with E-state index in [9.17, 15) is 14.4 Å². The maximum atomic E-state index is 12.8. The molecule has 0 saturated carbocycles. The molecule has 2 aliphatic rings. The number of hydrogen-bond donors (Lipinski definition) is 2. The first-order valence-corrected chi connectivity index (χ1v) is 7.08. The average molecular weight is 312 g/mol. The number of ether oxygens (including phenoxy) is 1. The molecule has 6 nitrogen and oxygen atoms in total. The molecule has 1 aromatic rings. The van der Waals surface area contributed by atoms with Gasteiger partial charge in [0.25, 0.3) is 0 Å². The van der Waals surface area contributed by atoms with Crippen molar-refractivity contribution in [3.63, 3.8) is 0 Å². The first-order valence-electron chi connectivity index (χ1n) is 7.08. The first-order chi connectivity index (χ1) is 10.8. The van der Waals surface area contributed by atoms with Crippen LogP contribution < -0.4 is 11.5 Å². The zero-order valence-electron chi connectivity index (χ0n) is 12.8. The molecular formula is C17H16N2O4. The van der Waals surface area contributed by atoms with Crippen molar-refractivity contribution in [2.75, 3.05) is 7.11 Å². The Labute approximate surface area is 132 Å². The van der Waals surface area contributed by atoms with Crippen LogP contribution in [-0.4, -0.2) is 36.2 Å². The third-order valence-corrected chi connectivity index (χ3v) is 4.40. The fourth-order valence-corrected chi connectivity index (χ4v) is 3.12. The van der Waals surface area contributed by atoms with Crippen molar-refractivity contribution >= 4 is 17.3 Å². The smallest absolute Gasteiger partial charge is 0.194 e. The number of benzene rings is 1. The molecule has 0 amide bonds. The molecule has 118 valence electrons. The van der Waals surface area contributed by atoms with Gasteiger partial charge in [-0.05, 0) is 13.0 Å². The van der Waals surface area contributed by atoms with Gasteiger partial charge >= 0.3 is 0 Å². The fourth-order valence-electron chi connectivity index (χ4n) is 3.12. The van der Waals surface area contributed by atoms with Crippen LogP contribution in [0.1, 0.15) is 27.6 Å². The number of carbonyl (C=O) groups is 3. The van der Waals surface area contributed by atoms with E-state index < -0.39 is 11.8 Å². The monoisotopic (exact) mass is 312 g/mol. The molecule has 0 saturated heterocycles. The molecule has 2 aliphatic carbocycles. The molecule has 0 aliphatic heterocycles. The summed E-state index contributed by atoms with van der Waals surface area (Å²) in [6.45, 7) is 1.31. The molecule has 0 spiro atoms. The van der Waals surface area contributed by atoms with E-state index in [1.807, 2.05) is 0 Å². The summed E-state index contributed by atoms with van der Waals surface area (Å²) in [5.74, 6) is -1.08. The molecule has 2 atom stereocenters. The van der Waals surface area contributed by atoms with E-state index in [1.165, 1.54) is 20.1 Å². The number of rotatable bonds is 2. The zero-order valence-corrected chi connectivity index (χ0v) is 12.8. The maximum absolute atomic E-state index is 12.8. The molecule has 6 heteroatoms. The summed E-state index contributed by atoms with van der Waals surface area (Å²) in [4.78, 5) is 37.4. The first kappa shape index (κ1) is 15.5. The van der Waals surface area contributed by atoms with Crippen LogP contribution in [0.3, 0.4) is 0 Å². The van der Waals surface area contributed by atoms with Gasteiger partial charge in [0, 0.05) is 35.0 Å². The summed E-state index contributed by atoms with van der Waals surface area (Å²) < 4.78 is 5.25. The van der Waals surface area contributed by atoms with Crippen LogP contribution in [0.15, 0.2) is 47.1 Å². The van der Waals surface area contributed by atoms with Gasteiger partial charge in [0.1, 0.15) is 0 Å². The molecular weight excluding hydrogens is 296 g/mol. The Morgan fingerprint density at radius 3 is 2.26 bits per heavy atom. The highest BCUT2D eigenvalue weighted by Gasteiger charge is 2.49. The molecule has 0 bridgehead atoms. The quantitative estimate of drug-likeness (QED) is 0.770. The van der Waals surface area contributed by atoms with Gasteiger partial charge in [-0.25, -0.2) is 0 Å². The third-order valence-electron chi connectivity index (χ3n) is 4.40. The normalized spacial score (nSPS) is 26.6. The Morgan fingerprint density at radius 2 is 1.74 bits per heavy atom. The number of ketones is 3. The van der Waals surface area contributed by atoms with Crippen molar-refractivity contribution in [3.05, 3.63) is 58.2 Å². The summed E-state index contributed by atoms with van der Waals surface area (Å²) in [5.41, 5.74) is 11.5. The Bertz CT molecular complexity index is 822. The van der Waals surface area contributed by atoms with Crippen LogP contribution >= 0.6 is 0 Å². The summed E-state index contributed by atoms with van der Waals surface area (Å²) in [5, 5.41) is 0. The van der Waals surface area contributed by atoms with E-state index in [1.54, 1.807) is 24.3 Å². The highest BCUT2D eigenvalue weighted by atomic mass is 16.5. The Kier molecular flexibility index (Phi) is 3.40. The van der Waals surface area contributed by atoms with Gasteiger partial charge in [-0.15, -0.1) is 0 Å². The maximum Gasteiger partial charge on any atom is 0.194 e. The lowest BCUT2D eigenvalue weighted by Crippen LogP contribution is -2.63. The standard InChI is InChI=1S/C17H16N2O4/c1-8(20)12-7-11-13(16(18)17(12,19)23-2)15(22)10-6-4-3-5-9(10)14(11)21/h3-7,16H,18-19H2,1-2H3. The van der Waals surface area contributed by atoms with Crippen LogP contribution in [-0.2, 0) is 9.53 Å². The largest absolute Gasteiger partial charge is 0.358 e. The fraction of sp³-hybridized carbons (Fsp3) is 0.235. The average Bonchev–Trinajstić information content (AvgIpc) is 2.54. The molecule has 0 heterocycles. The third kappa shape index (κ3) is 1.96. The van der Waals surface area contributed by atoms with E-state index in [2.05, 4.69) is 0 Å². The molecule has 3 rings (SSSR count). The second-order valence-electron chi connectivity index (χ2n) is 5.62. The number of carbonyl (C=O) groups excluding carboxylic acids is 3. The Morgan fingerprint density at radius 1 is 1.17 bits per heavy atom. The van der Waals surface area contributed by atoms with Gasteiger partial charge in [0.2, 0.25) is 0 Å². The number of nitrogens with two attached hydrogens (primary N) is 2. The predicted molar refractivity (Wildman–Crippen MR) is 82.8 cm³/mol. The van der Waals surface area contributed by atoms with Gasteiger partial charge in [0.15, 0.2) is 23.1 Å². The lowest BCUT2D eigenvalue weighted by atomic mass is 9.72. The highest BCUT2D eigenvalue weighted by Crippen LogP contribution is 2.38. The number of methoxy groups -OCH3 is 1. The summed E-state index contributed by atoms with van der Waals surface area (Å²) in [7, 11) is 1.31. The van der Waals surface area contributed by atoms with Crippen LogP contribution in [0.2, 0.25) is 0 Å². The van der Waals surface area contributed by atoms with Crippen molar-refractivity contribution in [2.24, 2.45) is 11.5 Å². The summed E-state index contributed by atoms with van der Waals surface area (Å²) in [6.07, 6.45) is 1.33. The second-order valence-corrected chi connectivity index (χ2v) is 5.62. The van der Waals surface area contributed by atoms with Crippen LogP contribution in [0.5, 0.6) is 0 Å². The van der Waals surface area contributed by atoms with E-state index >= 15 is 0 Å².